The smallest absolute Gasteiger partial charge is 0.238 e. The van der Waals surface area contributed by atoms with Crippen molar-refractivity contribution in [1.82, 2.24) is 5.32 Å². The van der Waals surface area contributed by atoms with Gasteiger partial charge in [0, 0.05) is 0 Å². The fourth-order valence-corrected chi connectivity index (χ4v) is 2.41. The Hall–Kier alpha value is -1.91. The maximum absolute atomic E-state index is 13.2. The molecular formula is C19H21ClFNO2. The van der Waals surface area contributed by atoms with Crippen molar-refractivity contribution < 1.29 is 14.3 Å². The van der Waals surface area contributed by atoms with Crippen molar-refractivity contribution in [2.75, 3.05) is 6.67 Å². The van der Waals surface area contributed by atoms with E-state index in [1.165, 1.54) is 12.5 Å². The van der Waals surface area contributed by atoms with E-state index in [2.05, 4.69) is 5.32 Å². The van der Waals surface area contributed by atoms with E-state index in [1.807, 2.05) is 43.3 Å². The Labute approximate surface area is 146 Å². The molecule has 2 rings (SSSR count). The lowest BCUT2D eigenvalue weighted by molar-refractivity contribution is -0.122. The summed E-state index contributed by atoms with van der Waals surface area (Å²) in [6.45, 7) is 2.64. The lowest BCUT2D eigenvalue weighted by Crippen LogP contribution is -2.43. The van der Waals surface area contributed by atoms with Gasteiger partial charge in [-0.05, 0) is 30.5 Å². The number of aliphatic hydroxyl groups is 1. The van der Waals surface area contributed by atoms with Crippen molar-refractivity contribution >= 4 is 17.5 Å². The summed E-state index contributed by atoms with van der Waals surface area (Å²) in [5.41, 5.74) is 3.78. The van der Waals surface area contributed by atoms with Crippen molar-refractivity contribution in [3.8, 4) is 11.1 Å². The monoisotopic (exact) mass is 349 g/mol. The van der Waals surface area contributed by atoms with E-state index in [1.54, 1.807) is 12.1 Å². The Morgan fingerprint density at radius 3 is 2.08 bits per heavy atom. The molecule has 5 heteroatoms. The number of halogens is 2. The van der Waals surface area contributed by atoms with Gasteiger partial charge >= 0.3 is 0 Å². The quantitative estimate of drug-likeness (QED) is 0.780. The molecule has 0 spiro atoms. The second-order valence-corrected chi connectivity index (χ2v) is 6.47. The van der Waals surface area contributed by atoms with Crippen molar-refractivity contribution in [2.24, 2.45) is 0 Å². The summed E-state index contributed by atoms with van der Waals surface area (Å²) >= 11 is 5.66. The molecule has 0 aliphatic heterocycles. The number of rotatable bonds is 6. The Balaban J connectivity index is 2.13. The number of nitrogens with one attached hydrogen (secondary N) is 1. The van der Waals surface area contributed by atoms with Gasteiger partial charge in [0.1, 0.15) is 18.2 Å². The first-order chi connectivity index (χ1) is 11.4. The van der Waals surface area contributed by atoms with Crippen LogP contribution in [0.2, 0.25) is 0 Å². The Morgan fingerprint density at radius 2 is 1.62 bits per heavy atom. The molecule has 128 valence electrons. The molecule has 3 nitrogen and oxygen atoms in total. The molecule has 2 aromatic carbocycles. The van der Waals surface area contributed by atoms with E-state index in [-0.39, 0.29) is 0 Å². The number of benzene rings is 2. The summed E-state index contributed by atoms with van der Waals surface area (Å²) in [4.78, 5) is 11.6. The normalized spacial score (nSPS) is 14.7. The van der Waals surface area contributed by atoms with Crippen LogP contribution in [0.3, 0.4) is 0 Å². The van der Waals surface area contributed by atoms with Crippen LogP contribution in [0.5, 0.6) is 0 Å². The molecule has 0 bridgehead atoms. The minimum atomic E-state index is -1.14. The standard InChI is InChI=1S/C19H21ClFNO2/c1-12-3-5-14(6-4-12)15-7-9-16(10-8-15)18(23)17(11-21)22-19(24)13(2)20/h3-10,13,17-18,23H,11H2,1-2H3,(H,22,24). The van der Waals surface area contributed by atoms with E-state index in [0.29, 0.717) is 5.56 Å². The molecule has 0 radical (unpaired) electrons. The van der Waals surface area contributed by atoms with Crippen molar-refractivity contribution in [1.29, 1.82) is 0 Å². The van der Waals surface area contributed by atoms with Gasteiger partial charge in [0.15, 0.2) is 0 Å². The molecule has 2 aromatic rings. The number of aryl methyl sites for hydroxylation is 1. The van der Waals surface area contributed by atoms with Gasteiger partial charge in [-0.15, -0.1) is 11.6 Å². The zero-order valence-corrected chi connectivity index (χ0v) is 14.4. The number of carbonyl (C=O) groups excluding carboxylic acids is 1. The summed E-state index contributed by atoms with van der Waals surface area (Å²) in [5, 5.41) is 11.9. The average molecular weight is 350 g/mol. The number of aliphatic hydroxyl groups excluding tert-OH is 1. The number of alkyl halides is 2. The molecule has 3 atom stereocenters. The van der Waals surface area contributed by atoms with Crippen LogP contribution in [0, 0.1) is 6.92 Å². The highest BCUT2D eigenvalue weighted by Gasteiger charge is 2.24. The SMILES string of the molecule is Cc1ccc(-c2ccc(C(O)C(CF)NC(=O)C(C)Cl)cc2)cc1. The lowest BCUT2D eigenvalue weighted by Gasteiger charge is -2.22. The van der Waals surface area contributed by atoms with Crippen LogP contribution >= 0.6 is 11.6 Å². The fraction of sp³-hybridized carbons (Fsp3) is 0.316. The zero-order valence-electron chi connectivity index (χ0n) is 13.7. The maximum atomic E-state index is 13.2. The summed E-state index contributed by atoms with van der Waals surface area (Å²) in [6, 6.07) is 14.3. The highest BCUT2D eigenvalue weighted by Crippen LogP contribution is 2.24. The predicted octanol–water partition coefficient (Wildman–Crippen LogP) is 3.78. The van der Waals surface area contributed by atoms with Gasteiger partial charge in [-0.3, -0.25) is 4.79 Å². The van der Waals surface area contributed by atoms with Gasteiger partial charge in [0.05, 0.1) is 6.04 Å². The van der Waals surface area contributed by atoms with Crippen molar-refractivity contribution in [3.63, 3.8) is 0 Å². The first kappa shape index (κ1) is 18.4. The van der Waals surface area contributed by atoms with Gasteiger partial charge in [-0.2, -0.15) is 0 Å². The highest BCUT2D eigenvalue weighted by molar-refractivity contribution is 6.30. The van der Waals surface area contributed by atoms with E-state index in [0.717, 1.165) is 11.1 Å². The number of hydrogen-bond acceptors (Lipinski definition) is 2. The summed E-state index contributed by atoms with van der Waals surface area (Å²) in [7, 11) is 0. The van der Waals surface area contributed by atoms with Crippen molar-refractivity contribution in [3.05, 3.63) is 59.7 Å². The molecule has 0 aromatic heterocycles. The molecular weight excluding hydrogens is 329 g/mol. The number of amides is 1. The minimum Gasteiger partial charge on any atom is -0.386 e. The molecule has 1 amide bonds. The van der Waals surface area contributed by atoms with Crippen LogP contribution in [-0.2, 0) is 4.79 Å². The molecule has 0 saturated carbocycles. The molecule has 0 aliphatic carbocycles. The van der Waals surface area contributed by atoms with E-state index in [4.69, 9.17) is 11.6 Å². The Kier molecular flexibility index (Phi) is 6.35. The summed E-state index contributed by atoms with van der Waals surface area (Å²) in [5.74, 6) is -0.505. The van der Waals surface area contributed by atoms with Crippen LogP contribution in [0.1, 0.15) is 24.2 Å². The van der Waals surface area contributed by atoms with Crippen LogP contribution in [0.25, 0.3) is 11.1 Å². The van der Waals surface area contributed by atoms with Crippen LogP contribution in [0.4, 0.5) is 4.39 Å². The molecule has 0 heterocycles. The van der Waals surface area contributed by atoms with E-state index >= 15 is 0 Å². The third-order valence-electron chi connectivity index (χ3n) is 3.87. The lowest BCUT2D eigenvalue weighted by atomic mass is 9.98. The fourth-order valence-electron chi connectivity index (χ4n) is 2.35. The number of carbonyl (C=O) groups is 1. The highest BCUT2D eigenvalue weighted by atomic mass is 35.5. The van der Waals surface area contributed by atoms with E-state index in [9.17, 15) is 14.3 Å². The Morgan fingerprint density at radius 1 is 1.12 bits per heavy atom. The maximum Gasteiger partial charge on any atom is 0.238 e. The van der Waals surface area contributed by atoms with E-state index < -0.39 is 30.1 Å². The van der Waals surface area contributed by atoms with Crippen LogP contribution in [-0.4, -0.2) is 29.1 Å². The molecule has 0 fully saturated rings. The van der Waals surface area contributed by atoms with Crippen LogP contribution < -0.4 is 5.32 Å². The summed E-state index contributed by atoms with van der Waals surface area (Å²) < 4.78 is 13.2. The van der Waals surface area contributed by atoms with Gasteiger partial charge in [0.2, 0.25) is 5.91 Å². The van der Waals surface area contributed by atoms with Gasteiger partial charge in [0.25, 0.3) is 0 Å². The minimum absolute atomic E-state index is 0.505. The topological polar surface area (TPSA) is 49.3 Å². The molecule has 0 saturated heterocycles. The second kappa shape index (κ2) is 8.27. The molecule has 24 heavy (non-hydrogen) atoms. The predicted molar refractivity (Wildman–Crippen MR) is 94.8 cm³/mol. The third-order valence-corrected chi connectivity index (χ3v) is 4.07. The summed E-state index contributed by atoms with van der Waals surface area (Å²) in [6.07, 6.45) is -1.14. The van der Waals surface area contributed by atoms with Gasteiger partial charge in [-0.1, -0.05) is 54.1 Å². The third kappa shape index (κ3) is 4.56. The van der Waals surface area contributed by atoms with Gasteiger partial charge < -0.3 is 10.4 Å². The molecule has 3 unspecified atom stereocenters. The van der Waals surface area contributed by atoms with Crippen LogP contribution in [0.15, 0.2) is 48.5 Å². The average Bonchev–Trinajstić information content (AvgIpc) is 2.59. The van der Waals surface area contributed by atoms with Crippen molar-refractivity contribution in [2.45, 2.75) is 31.4 Å². The second-order valence-electron chi connectivity index (χ2n) is 5.82. The zero-order chi connectivity index (χ0) is 17.7. The molecule has 0 aliphatic rings. The molecule has 2 N–H and O–H groups in total. The van der Waals surface area contributed by atoms with Gasteiger partial charge in [-0.25, -0.2) is 4.39 Å². The first-order valence-electron chi connectivity index (χ1n) is 7.78. The first-order valence-corrected chi connectivity index (χ1v) is 8.21. The Bertz CT molecular complexity index is 671. The number of hydrogen-bond donors (Lipinski definition) is 2. The largest absolute Gasteiger partial charge is 0.386 e.